The molecule has 0 saturated carbocycles. The first-order chi connectivity index (χ1) is 13.5. The molecule has 0 aliphatic carbocycles. The summed E-state index contributed by atoms with van der Waals surface area (Å²) < 4.78 is 21.8. The van der Waals surface area contributed by atoms with Gasteiger partial charge in [0, 0.05) is 17.0 Å². The minimum absolute atomic E-state index is 0.0699. The van der Waals surface area contributed by atoms with Crippen molar-refractivity contribution in [3.8, 4) is 11.1 Å². The Morgan fingerprint density at radius 3 is 2.57 bits per heavy atom. The van der Waals surface area contributed by atoms with Gasteiger partial charge in [-0.25, -0.2) is 0 Å². The van der Waals surface area contributed by atoms with E-state index in [4.69, 9.17) is 5.73 Å². The van der Waals surface area contributed by atoms with Crippen LogP contribution in [-0.2, 0) is 11.1 Å². The lowest BCUT2D eigenvalue weighted by molar-refractivity contribution is 0.100. The Morgan fingerprint density at radius 1 is 1.21 bits per heavy atom. The fraction of sp³-hybridized carbons (Fsp3) is 0.300. The maximum atomic E-state index is 12.0. The highest BCUT2D eigenvalue weighted by molar-refractivity contribution is 7.79. The number of nitrogens with zero attached hydrogens (tertiary/aromatic N) is 2. The number of carbonyl (C=O) groups is 1. The van der Waals surface area contributed by atoms with Crippen molar-refractivity contribution in [3.63, 3.8) is 0 Å². The van der Waals surface area contributed by atoms with Gasteiger partial charge in [0.2, 0.25) is 0 Å². The lowest BCUT2D eigenvalue weighted by Crippen LogP contribution is -2.35. The maximum Gasteiger partial charge on any atom is 0.251 e. The molecule has 1 saturated heterocycles. The number of carbonyl (C=O) groups excluding carboxylic acids is 1. The highest BCUT2D eigenvalue weighted by Crippen LogP contribution is 2.35. The van der Waals surface area contributed by atoms with Crippen LogP contribution in [-0.4, -0.2) is 48.7 Å². The highest BCUT2D eigenvalue weighted by Gasteiger charge is 2.25. The SMILES string of the molecule is NC(=O)c1cc(-c2ccccc2)cc2c(C3CCN(CS(=O)[O-])CC3)[nH]nc12. The molecule has 1 fully saturated rings. The van der Waals surface area contributed by atoms with Crippen LogP contribution in [0.4, 0.5) is 0 Å². The van der Waals surface area contributed by atoms with E-state index in [-0.39, 0.29) is 11.8 Å². The van der Waals surface area contributed by atoms with Crippen LogP contribution in [0.3, 0.4) is 0 Å². The number of amides is 1. The average molecular weight is 397 g/mol. The van der Waals surface area contributed by atoms with Gasteiger partial charge in [-0.2, -0.15) is 5.10 Å². The molecule has 4 rings (SSSR count). The standard InChI is InChI=1S/C20H22N4O3S/c21-20(25)17-11-15(13-4-2-1-3-5-13)10-16-18(22-23-19(16)17)14-6-8-24(9-7-14)12-28(26)27/h1-5,10-11,14H,6-9,12H2,(H2,21,25)(H,22,23)(H,26,27)/p-1. The lowest BCUT2D eigenvalue weighted by Gasteiger charge is -2.31. The third-order valence-corrected chi connectivity index (χ3v) is 5.92. The second-order valence-electron chi connectivity index (χ2n) is 7.11. The van der Waals surface area contributed by atoms with Crippen molar-refractivity contribution in [2.24, 2.45) is 5.73 Å². The van der Waals surface area contributed by atoms with Gasteiger partial charge >= 0.3 is 0 Å². The molecule has 1 aromatic heterocycles. The maximum absolute atomic E-state index is 12.0. The van der Waals surface area contributed by atoms with E-state index in [9.17, 15) is 13.6 Å². The van der Waals surface area contributed by atoms with E-state index >= 15 is 0 Å². The highest BCUT2D eigenvalue weighted by atomic mass is 32.2. The van der Waals surface area contributed by atoms with E-state index < -0.39 is 17.0 Å². The molecular weight excluding hydrogens is 376 g/mol. The Balaban J connectivity index is 1.71. The Labute approximate surface area is 165 Å². The van der Waals surface area contributed by atoms with Gasteiger partial charge in [0.1, 0.15) is 5.52 Å². The number of nitrogens with one attached hydrogen (secondary N) is 1. The van der Waals surface area contributed by atoms with Crippen LogP contribution in [0.15, 0.2) is 42.5 Å². The summed E-state index contributed by atoms with van der Waals surface area (Å²) in [6.45, 7) is 1.42. The van der Waals surface area contributed by atoms with E-state index in [0.717, 1.165) is 35.0 Å². The number of aromatic amines is 1. The van der Waals surface area contributed by atoms with Crippen LogP contribution in [0, 0.1) is 0 Å². The first-order valence-corrected chi connectivity index (χ1v) is 10.4. The molecule has 3 N–H and O–H groups in total. The fourth-order valence-corrected chi connectivity index (χ4v) is 4.49. The summed E-state index contributed by atoms with van der Waals surface area (Å²) in [6.07, 6.45) is 1.66. The Bertz CT molecular complexity index is 1030. The molecule has 1 atom stereocenters. The van der Waals surface area contributed by atoms with Gasteiger partial charge in [0.25, 0.3) is 5.91 Å². The summed E-state index contributed by atoms with van der Waals surface area (Å²) in [5, 5.41) is 8.40. The van der Waals surface area contributed by atoms with Gasteiger partial charge in [-0.05, 0) is 60.3 Å². The molecule has 146 valence electrons. The topological polar surface area (TPSA) is 115 Å². The van der Waals surface area contributed by atoms with Gasteiger partial charge in [-0.3, -0.25) is 19.0 Å². The van der Waals surface area contributed by atoms with Crippen LogP contribution in [0.25, 0.3) is 22.0 Å². The largest absolute Gasteiger partial charge is 0.771 e. The summed E-state index contributed by atoms with van der Waals surface area (Å²) >= 11 is -2.06. The zero-order valence-corrected chi connectivity index (χ0v) is 16.1. The minimum atomic E-state index is -2.06. The third kappa shape index (κ3) is 3.71. The Kier molecular flexibility index (Phi) is 5.25. The first-order valence-electron chi connectivity index (χ1n) is 9.18. The van der Waals surface area contributed by atoms with E-state index in [0.29, 0.717) is 24.2 Å². The number of rotatable bonds is 5. The van der Waals surface area contributed by atoms with Crippen LogP contribution in [0.2, 0.25) is 0 Å². The van der Waals surface area contributed by atoms with Crippen LogP contribution in [0.1, 0.15) is 34.8 Å². The fourth-order valence-electron chi connectivity index (χ4n) is 3.93. The summed E-state index contributed by atoms with van der Waals surface area (Å²) in [5.74, 6) is -0.206. The van der Waals surface area contributed by atoms with Crippen LogP contribution < -0.4 is 5.73 Å². The zero-order chi connectivity index (χ0) is 19.7. The Morgan fingerprint density at radius 2 is 1.93 bits per heavy atom. The number of hydrogen-bond acceptors (Lipinski definition) is 5. The summed E-state index contributed by atoms with van der Waals surface area (Å²) in [6, 6.07) is 13.7. The number of benzene rings is 2. The summed E-state index contributed by atoms with van der Waals surface area (Å²) in [4.78, 5) is 14.0. The van der Waals surface area contributed by atoms with Crippen molar-refractivity contribution >= 4 is 27.9 Å². The summed E-state index contributed by atoms with van der Waals surface area (Å²) in [5.41, 5.74) is 9.52. The average Bonchev–Trinajstić information content (AvgIpc) is 3.12. The molecule has 8 heteroatoms. The van der Waals surface area contributed by atoms with E-state index in [1.54, 1.807) is 6.07 Å². The number of fused-ring (bicyclic) bond motifs is 1. The van der Waals surface area contributed by atoms with Crippen molar-refractivity contribution in [3.05, 3.63) is 53.7 Å². The predicted octanol–water partition coefficient (Wildman–Crippen LogP) is 2.34. The smallest absolute Gasteiger partial charge is 0.251 e. The lowest BCUT2D eigenvalue weighted by atomic mass is 9.90. The van der Waals surface area contributed by atoms with Gasteiger partial charge < -0.3 is 10.3 Å². The van der Waals surface area contributed by atoms with Gasteiger partial charge in [-0.1, -0.05) is 30.3 Å². The van der Waals surface area contributed by atoms with E-state index in [2.05, 4.69) is 16.3 Å². The van der Waals surface area contributed by atoms with Crippen molar-refractivity contribution in [1.82, 2.24) is 15.1 Å². The first kappa shape index (κ1) is 18.8. The molecule has 1 aliphatic rings. The number of H-pyrrole nitrogens is 1. The van der Waals surface area contributed by atoms with Crippen LogP contribution >= 0.6 is 0 Å². The molecule has 1 aliphatic heterocycles. The van der Waals surface area contributed by atoms with Gasteiger partial charge in [-0.15, -0.1) is 0 Å². The predicted molar refractivity (Wildman–Crippen MR) is 107 cm³/mol. The van der Waals surface area contributed by atoms with Crippen molar-refractivity contribution < 1.29 is 13.6 Å². The second kappa shape index (κ2) is 7.83. The third-order valence-electron chi connectivity index (χ3n) is 5.34. The second-order valence-corrected chi connectivity index (χ2v) is 7.98. The molecule has 2 aromatic carbocycles. The Hall–Kier alpha value is -2.55. The van der Waals surface area contributed by atoms with Gasteiger partial charge in [0.15, 0.2) is 0 Å². The molecule has 1 amide bonds. The quantitative estimate of drug-likeness (QED) is 0.641. The number of likely N-dealkylation sites (tertiary alicyclic amines) is 1. The zero-order valence-electron chi connectivity index (χ0n) is 15.3. The van der Waals surface area contributed by atoms with Crippen molar-refractivity contribution in [2.45, 2.75) is 18.8 Å². The van der Waals surface area contributed by atoms with E-state index in [1.807, 2.05) is 35.2 Å². The van der Waals surface area contributed by atoms with Gasteiger partial charge in [0.05, 0.1) is 11.4 Å². The van der Waals surface area contributed by atoms with Crippen molar-refractivity contribution in [2.75, 3.05) is 19.0 Å². The molecule has 1 unspecified atom stereocenters. The molecule has 2 heterocycles. The molecule has 7 nitrogen and oxygen atoms in total. The molecule has 0 radical (unpaired) electrons. The number of aromatic nitrogens is 2. The van der Waals surface area contributed by atoms with Crippen molar-refractivity contribution in [1.29, 1.82) is 0 Å². The monoisotopic (exact) mass is 397 g/mol. The molecule has 0 spiro atoms. The molecule has 28 heavy (non-hydrogen) atoms. The normalized spacial score (nSPS) is 17.0. The molecule has 3 aromatic rings. The number of hydrogen-bond donors (Lipinski definition) is 2. The summed E-state index contributed by atoms with van der Waals surface area (Å²) in [7, 11) is 0. The number of piperidine rings is 1. The molecule has 0 bridgehead atoms. The number of primary amides is 1. The molecular formula is C20H21N4O3S-. The number of nitrogens with two attached hydrogens (primary N) is 1. The van der Waals surface area contributed by atoms with E-state index in [1.165, 1.54) is 0 Å². The van der Waals surface area contributed by atoms with Crippen LogP contribution in [0.5, 0.6) is 0 Å². The minimum Gasteiger partial charge on any atom is -0.771 e.